The molecule has 1 aromatic rings. The van der Waals surface area contributed by atoms with Gasteiger partial charge in [0.15, 0.2) is 6.29 Å². The van der Waals surface area contributed by atoms with Crippen LogP contribution in [0.3, 0.4) is 0 Å². The Kier molecular flexibility index (Phi) is 10.0. The van der Waals surface area contributed by atoms with Gasteiger partial charge in [0.1, 0.15) is 12.4 Å². The highest BCUT2D eigenvalue weighted by Gasteiger charge is 2.43. The molecule has 2 atom stereocenters. The number of hydrogen-bond acceptors (Lipinski definition) is 9. The van der Waals surface area contributed by atoms with Crippen LogP contribution in [0.1, 0.15) is 57.3 Å². The Morgan fingerprint density at radius 2 is 1.53 bits per heavy atom. The summed E-state index contributed by atoms with van der Waals surface area (Å²) in [6.45, 7) is 2.76. The van der Waals surface area contributed by atoms with Gasteiger partial charge in [-0.1, -0.05) is 44.1 Å². The number of allylic oxidation sites excluding steroid dienone is 1. The molecule has 0 amide bonds. The van der Waals surface area contributed by atoms with E-state index in [-0.39, 0.29) is 0 Å². The number of ether oxygens (including phenoxy) is 7. The third-order valence-corrected chi connectivity index (χ3v) is 5.99. The Bertz CT molecular complexity index is 773. The van der Waals surface area contributed by atoms with Crippen LogP contribution in [0.4, 0.5) is 9.59 Å². The van der Waals surface area contributed by atoms with Gasteiger partial charge in [-0.3, -0.25) is 0 Å². The van der Waals surface area contributed by atoms with E-state index in [2.05, 4.69) is 28.5 Å². The van der Waals surface area contributed by atoms with E-state index >= 15 is 0 Å². The summed E-state index contributed by atoms with van der Waals surface area (Å²) in [5.74, 6) is 2.25. The molecule has 0 bridgehead atoms. The first-order chi connectivity index (χ1) is 16.5. The molecule has 1 heterocycles. The van der Waals surface area contributed by atoms with Crippen molar-refractivity contribution in [1.29, 1.82) is 0 Å². The third kappa shape index (κ3) is 7.63. The molecule has 188 valence electrons. The Balaban J connectivity index is 1.47. The molecular formula is C25H34O9. The van der Waals surface area contributed by atoms with Crippen molar-refractivity contribution in [2.45, 2.75) is 64.3 Å². The largest absolute Gasteiger partial charge is 0.510 e. The molecule has 1 saturated heterocycles. The molecule has 0 spiro atoms. The average Bonchev–Trinajstić information content (AvgIpc) is 3.25. The fourth-order valence-corrected chi connectivity index (χ4v) is 4.20. The topological polar surface area (TPSA) is 98.8 Å². The highest BCUT2D eigenvalue weighted by molar-refractivity contribution is 5.61. The summed E-state index contributed by atoms with van der Waals surface area (Å²) in [7, 11) is 2.30. The van der Waals surface area contributed by atoms with Gasteiger partial charge in [-0.25, -0.2) is 9.59 Å². The summed E-state index contributed by atoms with van der Waals surface area (Å²) >= 11 is 0. The van der Waals surface area contributed by atoms with Crippen molar-refractivity contribution in [2.24, 2.45) is 11.8 Å². The molecule has 2 fully saturated rings. The molecule has 1 saturated carbocycles. The normalized spacial score (nSPS) is 25.1. The van der Waals surface area contributed by atoms with Gasteiger partial charge in [-0.05, 0) is 49.7 Å². The number of carbonyl (C=O) groups is 2. The van der Waals surface area contributed by atoms with Gasteiger partial charge in [0.2, 0.25) is 0 Å². The molecule has 0 aromatic heterocycles. The molecule has 3 rings (SSSR count). The molecule has 0 unspecified atom stereocenters. The summed E-state index contributed by atoms with van der Waals surface area (Å²) in [5, 5.41) is 0. The molecule has 34 heavy (non-hydrogen) atoms. The van der Waals surface area contributed by atoms with E-state index in [4.69, 9.17) is 23.7 Å². The van der Waals surface area contributed by atoms with Gasteiger partial charge >= 0.3 is 12.3 Å². The smallest absolute Gasteiger partial charge is 0.490 e. The second-order valence-electron chi connectivity index (χ2n) is 8.36. The van der Waals surface area contributed by atoms with Crippen molar-refractivity contribution in [3.05, 3.63) is 42.0 Å². The zero-order valence-electron chi connectivity index (χ0n) is 20.0. The van der Waals surface area contributed by atoms with Crippen LogP contribution < -0.4 is 4.74 Å². The lowest BCUT2D eigenvalue weighted by Crippen LogP contribution is -2.32. The quantitative estimate of drug-likeness (QED) is 0.337. The number of carbonyl (C=O) groups excluding carboxylic acids is 2. The maximum atomic E-state index is 11.4. The molecule has 0 N–H and O–H groups in total. The van der Waals surface area contributed by atoms with E-state index in [1.807, 2.05) is 0 Å². The monoisotopic (exact) mass is 478 g/mol. The van der Waals surface area contributed by atoms with Crippen LogP contribution in [0.2, 0.25) is 0 Å². The number of benzene rings is 1. The maximum absolute atomic E-state index is 11.4. The lowest BCUT2D eigenvalue weighted by atomic mass is 9.80. The van der Waals surface area contributed by atoms with Crippen molar-refractivity contribution in [3.8, 4) is 5.75 Å². The van der Waals surface area contributed by atoms with Crippen LogP contribution in [0.5, 0.6) is 5.75 Å². The minimum atomic E-state index is -1.31. The number of rotatable bonds is 9. The fourth-order valence-electron chi connectivity index (χ4n) is 4.20. The second-order valence-corrected chi connectivity index (χ2v) is 8.36. The van der Waals surface area contributed by atoms with Gasteiger partial charge in [-0.15, -0.1) is 0 Å². The number of hydrogen-bond donors (Lipinski definition) is 0. The van der Waals surface area contributed by atoms with Crippen LogP contribution in [0.15, 0.2) is 36.4 Å². The fraction of sp³-hybridized carbons (Fsp3) is 0.600. The van der Waals surface area contributed by atoms with E-state index in [0.29, 0.717) is 23.8 Å². The summed E-state index contributed by atoms with van der Waals surface area (Å²) in [5.41, 5.74) is 0.626. The minimum Gasteiger partial charge on any atom is -0.490 e. The van der Waals surface area contributed by atoms with Crippen LogP contribution in [-0.2, 0) is 28.4 Å². The zero-order valence-corrected chi connectivity index (χ0v) is 20.0. The summed E-state index contributed by atoms with van der Waals surface area (Å²) in [6, 6.07) is 7.09. The van der Waals surface area contributed by atoms with Crippen molar-refractivity contribution in [3.63, 3.8) is 0 Å². The lowest BCUT2D eigenvalue weighted by molar-refractivity contribution is -0.156. The van der Waals surface area contributed by atoms with Gasteiger partial charge in [-0.2, -0.15) is 0 Å². The SMILES string of the molecule is CCCC1CCC(/C=C/COc2ccc(C3O[C@H](OC(=O)OC)[C@@H](OC(=O)OC)O3)cc2)CC1. The molecule has 0 radical (unpaired) electrons. The van der Waals surface area contributed by atoms with E-state index in [9.17, 15) is 9.59 Å². The minimum absolute atomic E-state index is 0.495. The highest BCUT2D eigenvalue weighted by atomic mass is 16.9. The summed E-state index contributed by atoms with van der Waals surface area (Å²) < 4.78 is 35.8. The summed E-state index contributed by atoms with van der Waals surface area (Å²) in [4.78, 5) is 22.9. The predicted octanol–water partition coefficient (Wildman–Crippen LogP) is 5.49. The van der Waals surface area contributed by atoms with Gasteiger partial charge in [0, 0.05) is 5.56 Å². The Morgan fingerprint density at radius 3 is 2.06 bits per heavy atom. The van der Waals surface area contributed by atoms with Gasteiger partial charge in [0.05, 0.1) is 14.2 Å². The molecular weight excluding hydrogens is 444 g/mol. The lowest BCUT2D eigenvalue weighted by Gasteiger charge is -2.26. The van der Waals surface area contributed by atoms with Crippen molar-refractivity contribution in [2.75, 3.05) is 20.8 Å². The molecule has 1 aromatic carbocycles. The van der Waals surface area contributed by atoms with Crippen molar-refractivity contribution >= 4 is 12.3 Å². The summed E-state index contributed by atoms with van der Waals surface area (Å²) in [6.07, 6.45) is 6.62. The predicted molar refractivity (Wildman–Crippen MR) is 121 cm³/mol. The van der Waals surface area contributed by atoms with Crippen LogP contribution >= 0.6 is 0 Å². The molecule has 9 heteroatoms. The molecule has 1 aliphatic carbocycles. The van der Waals surface area contributed by atoms with E-state index in [1.54, 1.807) is 24.3 Å². The first-order valence-corrected chi connectivity index (χ1v) is 11.7. The van der Waals surface area contributed by atoms with Gasteiger partial charge in [0.25, 0.3) is 12.6 Å². The van der Waals surface area contributed by atoms with E-state index in [1.165, 1.54) is 38.5 Å². The highest BCUT2D eigenvalue weighted by Crippen LogP contribution is 2.34. The standard InChI is InChI=1S/C25H34O9/c1-4-6-17-8-10-18(11-9-17)7-5-16-30-20-14-12-19(13-15-20)21-31-22(33-24(26)28-2)23(32-21)34-25(27)29-3/h5,7,12-15,17-18,21-23H,4,6,8-11,16H2,1-3H3/b7-5+/t17?,18?,22-,23-/m1/s1. The van der Waals surface area contributed by atoms with Gasteiger partial charge < -0.3 is 33.2 Å². The molecule has 2 aliphatic rings. The zero-order chi connectivity index (χ0) is 24.3. The number of methoxy groups -OCH3 is 2. The first-order valence-electron chi connectivity index (χ1n) is 11.7. The van der Waals surface area contributed by atoms with E-state index < -0.39 is 31.2 Å². The molecule has 1 aliphatic heterocycles. The molecule has 9 nitrogen and oxygen atoms in total. The Hall–Kier alpha value is -2.78. The third-order valence-electron chi connectivity index (χ3n) is 5.99. The van der Waals surface area contributed by atoms with E-state index in [0.717, 1.165) is 20.1 Å². The first kappa shape index (κ1) is 25.8. The van der Waals surface area contributed by atoms with Crippen molar-refractivity contribution in [1.82, 2.24) is 0 Å². The second kappa shape index (κ2) is 13.2. The van der Waals surface area contributed by atoms with Crippen LogP contribution in [-0.4, -0.2) is 45.7 Å². The average molecular weight is 479 g/mol. The maximum Gasteiger partial charge on any atom is 0.510 e. The Labute approximate surface area is 200 Å². The van der Waals surface area contributed by atoms with Crippen LogP contribution in [0.25, 0.3) is 0 Å². The Morgan fingerprint density at radius 1 is 0.941 bits per heavy atom. The van der Waals surface area contributed by atoms with Crippen molar-refractivity contribution < 1.29 is 42.7 Å². The van der Waals surface area contributed by atoms with Crippen LogP contribution in [0, 0.1) is 11.8 Å².